The van der Waals surface area contributed by atoms with E-state index in [2.05, 4.69) is 0 Å². The molecular formula is C36H63F9O4. The molecule has 0 heterocycles. The number of alkyl halides is 9. The molecule has 0 aromatic carbocycles. The highest BCUT2D eigenvalue weighted by atomic mass is 19.4. The van der Waals surface area contributed by atoms with Gasteiger partial charge in [0.15, 0.2) is 5.60 Å². The minimum Gasteiger partial charge on any atom is -0.373 e. The van der Waals surface area contributed by atoms with Crippen molar-refractivity contribution in [3.8, 4) is 0 Å². The van der Waals surface area contributed by atoms with Gasteiger partial charge in [0.1, 0.15) is 5.67 Å². The van der Waals surface area contributed by atoms with Gasteiger partial charge in [0.25, 0.3) is 0 Å². The average Bonchev–Trinajstić information content (AvgIpc) is 3.31. The van der Waals surface area contributed by atoms with Gasteiger partial charge in [0, 0.05) is 19.3 Å². The summed E-state index contributed by atoms with van der Waals surface area (Å²) < 4.78 is 142. The predicted molar refractivity (Wildman–Crippen MR) is 174 cm³/mol. The molecule has 0 bridgehead atoms. The Morgan fingerprint density at radius 2 is 1.22 bits per heavy atom. The number of hydrogen-bond donors (Lipinski definition) is 0. The highest BCUT2D eigenvalue weighted by Gasteiger charge is 2.61. The fraction of sp³-hybridized carbons (Fsp3) is 1.00. The van der Waals surface area contributed by atoms with Crippen LogP contribution in [0.3, 0.4) is 0 Å². The van der Waals surface area contributed by atoms with Crippen LogP contribution >= 0.6 is 0 Å². The van der Waals surface area contributed by atoms with Gasteiger partial charge in [0.05, 0.1) is 43.2 Å². The highest BCUT2D eigenvalue weighted by molar-refractivity contribution is 5.00. The molecular weight excluding hydrogens is 667 g/mol. The van der Waals surface area contributed by atoms with E-state index in [-0.39, 0.29) is 62.3 Å². The van der Waals surface area contributed by atoms with E-state index in [1.807, 2.05) is 34.6 Å². The van der Waals surface area contributed by atoms with Crippen molar-refractivity contribution < 1.29 is 58.5 Å². The molecule has 2 saturated carbocycles. The van der Waals surface area contributed by atoms with Gasteiger partial charge in [-0.2, -0.15) is 26.3 Å². The normalized spacial score (nSPS) is 31.2. The topological polar surface area (TPSA) is 36.9 Å². The van der Waals surface area contributed by atoms with Crippen molar-refractivity contribution in [1.29, 1.82) is 0 Å². The van der Waals surface area contributed by atoms with Crippen LogP contribution in [-0.4, -0.2) is 72.8 Å². The molecule has 7 unspecified atom stereocenters. The molecule has 294 valence electrons. The van der Waals surface area contributed by atoms with Crippen LogP contribution in [0.4, 0.5) is 39.5 Å². The van der Waals surface area contributed by atoms with Crippen LogP contribution in [-0.2, 0) is 18.9 Å². The molecule has 0 aromatic heterocycles. The van der Waals surface area contributed by atoms with Crippen LogP contribution < -0.4 is 0 Å². The van der Waals surface area contributed by atoms with Crippen LogP contribution in [0.25, 0.3) is 0 Å². The summed E-state index contributed by atoms with van der Waals surface area (Å²) in [6.07, 6.45) is -9.65. The molecule has 0 aliphatic heterocycles. The largest absolute Gasteiger partial charge is 0.417 e. The highest BCUT2D eigenvalue weighted by Crippen LogP contribution is 2.53. The van der Waals surface area contributed by atoms with E-state index in [0.717, 1.165) is 6.92 Å². The van der Waals surface area contributed by atoms with Gasteiger partial charge in [-0.3, -0.25) is 0 Å². The average molecular weight is 731 g/mol. The third-order valence-corrected chi connectivity index (χ3v) is 9.66. The zero-order chi connectivity index (χ0) is 38.1. The molecule has 2 fully saturated rings. The Morgan fingerprint density at radius 3 is 1.63 bits per heavy atom. The second-order valence-corrected chi connectivity index (χ2v) is 15.5. The van der Waals surface area contributed by atoms with Crippen LogP contribution in [0.2, 0.25) is 0 Å². The zero-order valence-corrected chi connectivity index (χ0v) is 31.3. The lowest BCUT2D eigenvalue weighted by Crippen LogP contribution is -2.48. The molecule has 2 aliphatic rings. The Balaban J connectivity index is 0.000000490. The molecule has 0 saturated heterocycles. The van der Waals surface area contributed by atoms with Crippen molar-refractivity contribution in [2.45, 2.75) is 199 Å². The Morgan fingerprint density at radius 1 is 0.735 bits per heavy atom. The Labute approximate surface area is 288 Å². The van der Waals surface area contributed by atoms with Gasteiger partial charge in [-0.05, 0) is 97.8 Å². The van der Waals surface area contributed by atoms with Crippen molar-refractivity contribution in [1.82, 2.24) is 0 Å². The van der Waals surface area contributed by atoms with E-state index in [1.54, 1.807) is 27.7 Å². The second-order valence-electron chi connectivity index (χ2n) is 15.5. The minimum atomic E-state index is -4.53. The third-order valence-electron chi connectivity index (χ3n) is 9.66. The molecule has 49 heavy (non-hydrogen) atoms. The Hall–Kier alpha value is -0.790. The number of ether oxygens (including phenoxy) is 4. The molecule has 4 nitrogen and oxygen atoms in total. The summed E-state index contributed by atoms with van der Waals surface area (Å²) in [5, 5.41) is 0. The summed E-state index contributed by atoms with van der Waals surface area (Å²) in [5.41, 5.74) is -4.16. The first-order chi connectivity index (χ1) is 22.2. The van der Waals surface area contributed by atoms with E-state index < -0.39 is 66.8 Å². The van der Waals surface area contributed by atoms with E-state index in [1.165, 1.54) is 0 Å². The predicted octanol–water partition coefficient (Wildman–Crippen LogP) is 11.8. The lowest BCUT2D eigenvalue weighted by Gasteiger charge is -2.45. The van der Waals surface area contributed by atoms with Crippen molar-refractivity contribution in [2.75, 3.05) is 13.2 Å². The number of halogens is 9. The Bertz CT molecular complexity index is 925. The minimum absolute atomic E-state index is 0.0660. The number of rotatable bonds is 17. The van der Waals surface area contributed by atoms with Crippen LogP contribution in [0, 0.1) is 17.8 Å². The van der Waals surface area contributed by atoms with Gasteiger partial charge in [-0.25, -0.2) is 13.2 Å². The monoisotopic (exact) mass is 730 g/mol. The van der Waals surface area contributed by atoms with Gasteiger partial charge in [-0.15, -0.1) is 0 Å². The van der Waals surface area contributed by atoms with Crippen molar-refractivity contribution >= 4 is 0 Å². The Kier molecular flexibility index (Phi) is 17.7. The van der Waals surface area contributed by atoms with E-state index in [9.17, 15) is 39.5 Å². The number of hydrogen-bond acceptors (Lipinski definition) is 4. The van der Waals surface area contributed by atoms with Gasteiger partial charge in [0.2, 0.25) is 5.92 Å². The quantitative estimate of drug-likeness (QED) is 0.140. The van der Waals surface area contributed by atoms with Gasteiger partial charge >= 0.3 is 12.4 Å². The molecule has 2 rings (SSSR count). The summed E-state index contributed by atoms with van der Waals surface area (Å²) in [7, 11) is 0. The third kappa shape index (κ3) is 16.6. The molecule has 2 aliphatic carbocycles. The molecule has 0 N–H and O–H groups in total. The van der Waals surface area contributed by atoms with Crippen molar-refractivity contribution in [3.63, 3.8) is 0 Å². The van der Waals surface area contributed by atoms with Gasteiger partial charge < -0.3 is 18.9 Å². The standard InChI is InChI=1S/C18H31F5O2.C18H32F4O2/c1-6-13-8-17(18(21,22)23,9-14(13)7-2)24-11-15(25-12(3)4)10-16(5,19)20;1-6-17(19)10-14(4)9-16(5,12-17)23-11-15(24-13(2)3)7-8-18(20,21)22/h12-15H,6-11H2,1-5H3;13-15H,6-12H2,1-5H3. The summed E-state index contributed by atoms with van der Waals surface area (Å²) >= 11 is 0. The SMILES string of the molecule is CCC1(F)CC(C)CC(C)(OCC(CCC(F)(F)F)OC(C)C)C1.CCC1CC(OCC(CC(C)(F)F)OC(C)C)(C(F)(F)F)CC1CC. The molecule has 7 atom stereocenters. The fourth-order valence-corrected chi connectivity index (χ4v) is 7.66. The first-order valence-electron chi connectivity index (χ1n) is 18.0. The summed E-state index contributed by atoms with van der Waals surface area (Å²) in [5.74, 6) is -2.97. The fourth-order valence-electron chi connectivity index (χ4n) is 7.66. The smallest absolute Gasteiger partial charge is 0.373 e. The first-order valence-corrected chi connectivity index (χ1v) is 18.0. The van der Waals surface area contributed by atoms with Crippen LogP contribution in [0.1, 0.15) is 140 Å². The lowest BCUT2D eigenvalue weighted by molar-refractivity contribution is -0.285. The molecule has 0 radical (unpaired) electrons. The van der Waals surface area contributed by atoms with Crippen LogP contribution in [0.15, 0.2) is 0 Å². The summed E-state index contributed by atoms with van der Waals surface area (Å²) in [6, 6.07) is 0. The molecule has 13 heteroatoms. The van der Waals surface area contributed by atoms with E-state index >= 15 is 0 Å². The lowest BCUT2D eigenvalue weighted by atomic mass is 9.71. The van der Waals surface area contributed by atoms with Crippen molar-refractivity contribution in [3.05, 3.63) is 0 Å². The van der Waals surface area contributed by atoms with Crippen LogP contribution in [0.5, 0.6) is 0 Å². The summed E-state index contributed by atoms with van der Waals surface area (Å²) in [4.78, 5) is 0. The maximum absolute atomic E-state index is 14.8. The van der Waals surface area contributed by atoms with E-state index in [4.69, 9.17) is 18.9 Å². The second kappa shape index (κ2) is 18.8. The first kappa shape index (κ1) is 46.2. The van der Waals surface area contributed by atoms with Gasteiger partial charge in [-0.1, -0.05) is 40.5 Å². The molecule has 0 amide bonds. The maximum atomic E-state index is 14.8. The zero-order valence-electron chi connectivity index (χ0n) is 31.3. The summed E-state index contributed by atoms with van der Waals surface area (Å²) in [6.45, 7) is 16.7. The van der Waals surface area contributed by atoms with E-state index in [0.29, 0.717) is 32.1 Å². The molecule has 0 aromatic rings. The maximum Gasteiger partial charge on any atom is 0.417 e. The van der Waals surface area contributed by atoms with Crippen molar-refractivity contribution in [2.24, 2.45) is 17.8 Å². The molecule has 0 spiro atoms.